The molecule has 2 atom stereocenters. The Kier molecular flexibility index (Phi) is 7.12. The largest absolute Gasteiger partial charge is 0.355 e. The molecule has 0 saturated heterocycles. The zero-order chi connectivity index (χ0) is 31.2. The van der Waals surface area contributed by atoms with Crippen LogP contribution in [0.2, 0.25) is 0 Å². The van der Waals surface area contributed by atoms with Crippen molar-refractivity contribution >= 4 is 55.4 Å². The first-order valence-electron chi connectivity index (χ1n) is 15.1. The molecule has 0 radical (unpaired) electrons. The van der Waals surface area contributed by atoms with Crippen LogP contribution in [0.25, 0.3) is 65.9 Å². The molecule has 7 aromatic rings. The van der Waals surface area contributed by atoms with Gasteiger partial charge in [0.05, 0.1) is 12.3 Å². The molecule has 2 amide bonds. The number of hydrogen-bond donors (Lipinski definition) is 7. The maximum absolute atomic E-state index is 12.6. The van der Waals surface area contributed by atoms with Crippen molar-refractivity contribution in [2.75, 3.05) is 14.1 Å². The van der Waals surface area contributed by atoms with Gasteiger partial charge >= 0.3 is 0 Å². The fraction of sp³-hybridized carbons (Fsp3) is 0.167. The number of carbonyl (C=O) groups is 2. The molecule has 4 aromatic carbocycles. The molecule has 45 heavy (non-hydrogen) atoms. The van der Waals surface area contributed by atoms with Crippen LogP contribution in [0.5, 0.6) is 0 Å². The molecule has 7 N–H and O–H groups in total. The van der Waals surface area contributed by atoms with Gasteiger partial charge in [0.2, 0.25) is 0 Å². The van der Waals surface area contributed by atoms with Crippen LogP contribution < -0.4 is 21.3 Å². The second kappa shape index (κ2) is 11.3. The van der Waals surface area contributed by atoms with E-state index in [2.05, 4.69) is 96.9 Å². The Labute approximate surface area is 259 Å². The summed E-state index contributed by atoms with van der Waals surface area (Å²) in [6.45, 7) is 3.79. The van der Waals surface area contributed by atoms with Crippen molar-refractivity contribution in [2.24, 2.45) is 0 Å². The van der Waals surface area contributed by atoms with Gasteiger partial charge in [-0.05, 0) is 111 Å². The van der Waals surface area contributed by atoms with Crippen molar-refractivity contribution in [2.45, 2.75) is 26.2 Å². The van der Waals surface area contributed by atoms with Gasteiger partial charge in [-0.2, -0.15) is 0 Å². The molecule has 0 aliphatic carbocycles. The predicted octanol–water partition coefficient (Wildman–Crippen LogP) is 6.21. The van der Waals surface area contributed by atoms with E-state index in [1.807, 2.05) is 38.1 Å². The summed E-state index contributed by atoms with van der Waals surface area (Å²) >= 11 is 0. The molecule has 0 aliphatic rings. The Balaban J connectivity index is 1.21. The van der Waals surface area contributed by atoms with Gasteiger partial charge in [-0.1, -0.05) is 24.3 Å². The highest BCUT2D eigenvalue weighted by Crippen LogP contribution is 2.34. The molecule has 0 saturated carbocycles. The lowest BCUT2D eigenvalue weighted by molar-refractivity contribution is 0.0922. The van der Waals surface area contributed by atoms with Crippen LogP contribution in [-0.2, 0) is 0 Å². The Hall–Kier alpha value is -5.38. The maximum Gasteiger partial charge on any atom is 0.268 e. The van der Waals surface area contributed by atoms with Gasteiger partial charge < -0.3 is 36.2 Å². The van der Waals surface area contributed by atoms with Crippen LogP contribution >= 0.6 is 0 Å². The van der Waals surface area contributed by atoms with Gasteiger partial charge in [0.15, 0.2) is 0 Å². The summed E-state index contributed by atoms with van der Waals surface area (Å²) in [5.41, 5.74) is 9.37. The van der Waals surface area contributed by atoms with Gasteiger partial charge in [-0.15, -0.1) is 0 Å². The van der Waals surface area contributed by atoms with Gasteiger partial charge in [-0.3, -0.25) is 9.59 Å². The normalized spacial score (nSPS) is 13.1. The first-order chi connectivity index (χ1) is 21.8. The quantitative estimate of drug-likeness (QED) is 0.105. The molecule has 0 bridgehead atoms. The molecular weight excluding hydrogens is 562 g/mol. The number of aromatic amines is 3. The molecule has 9 nitrogen and oxygen atoms in total. The Morgan fingerprint density at radius 3 is 1.29 bits per heavy atom. The Morgan fingerprint density at radius 2 is 0.889 bits per heavy atom. The molecule has 226 valence electrons. The maximum atomic E-state index is 12.6. The zero-order valence-electron chi connectivity index (χ0n) is 25.6. The summed E-state index contributed by atoms with van der Waals surface area (Å²) in [4.78, 5) is 35.3. The lowest BCUT2D eigenvalue weighted by Gasteiger charge is -2.11. The highest BCUT2D eigenvalue weighted by molar-refractivity contribution is 6.10. The zero-order valence-corrected chi connectivity index (χ0v) is 25.6. The van der Waals surface area contributed by atoms with E-state index in [1.165, 1.54) is 0 Å². The van der Waals surface area contributed by atoms with E-state index in [0.29, 0.717) is 11.4 Å². The first-order valence-corrected chi connectivity index (χ1v) is 15.1. The van der Waals surface area contributed by atoms with Crippen LogP contribution in [0, 0.1) is 0 Å². The standard InChI is InChI=1S/C36H35N7O2/c1-19(37-3)39-35(44)33-17-25-13-21(5-9-29(25)41-33)23-7-11-31-27(15-23)28-16-24(8-12-32(28)43-31)22-6-10-30-26(14-22)18-34(42-30)36(45)40-20(2)38-4/h5-20,37-38,41-43H,1-4H3,(H,39,44)(H,40,45). The summed E-state index contributed by atoms with van der Waals surface area (Å²) in [5, 5.41) is 16.1. The molecule has 7 rings (SSSR count). The van der Waals surface area contributed by atoms with Crippen molar-refractivity contribution in [1.82, 2.24) is 36.2 Å². The van der Waals surface area contributed by atoms with Gasteiger partial charge in [0.1, 0.15) is 11.4 Å². The van der Waals surface area contributed by atoms with E-state index < -0.39 is 0 Å². The van der Waals surface area contributed by atoms with Crippen molar-refractivity contribution in [3.63, 3.8) is 0 Å². The van der Waals surface area contributed by atoms with Crippen LogP contribution in [0.3, 0.4) is 0 Å². The van der Waals surface area contributed by atoms with Crippen molar-refractivity contribution in [1.29, 1.82) is 0 Å². The van der Waals surface area contributed by atoms with Gasteiger partial charge in [0.25, 0.3) is 11.8 Å². The number of fused-ring (bicyclic) bond motifs is 5. The number of nitrogens with one attached hydrogen (secondary N) is 7. The summed E-state index contributed by atoms with van der Waals surface area (Å²) < 4.78 is 0. The number of carbonyl (C=O) groups excluding carboxylic acids is 2. The number of hydrogen-bond acceptors (Lipinski definition) is 4. The number of benzene rings is 4. The van der Waals surface area contributed by atoms with E-state index in [9.17, 15) is 9.59 Å². The Bertz CT molecular complexity index is 2080. The molecular formula is C36H35N7O2. The van der Waals surface area contributed by atoms with E-state index in [1.54, 1.807) is 14.1 Å². The molecule has 3 heterocycles. The molecule has 0 aliphatic heterocycles. The molecule has 0 fully saturated rings. The lowest BCUT2D eigenvalue weighted by Crippen LogP contribution is -2.41. The average Bonchev–Trinajstić information content (AvgIpc) is 3.78. The number of H-pyrrole nitrogens is 3. The third kappa shape index (κ3) is 5.32. The summed E-state index contributed by atoms with van der Waals surface area (Å²) in [6.07, 6.45) is -0.254. The molecule has 0 spiro atoms. The molecule has 3 aromatic heterocycles. The summed E-state index contributed by atoms with van der Waals surface area (Å²) in [7, 11) is 3.61. The van der Waals surface area contributed by atoms with Gasteiger partial charge in [-0.25, -0.2) is 0 Å². The monoisotopic (exact) mass is 597 g/mol. The third-order valence-corrected chi connectivity index (χ3v) is 8.56. The van der Waals surface area contributed by atoms with E-state index in [-0.39, 0.29) is 24.1 Å². The smallest absolute Gasteiger partial charge is 0.268 e. The minimum atomic E-state index is -0.147. The molecule has 2 unspecified atom stereocenters. The highest BCUT2D eigenvalue weighted by atomic mass is 16.2. The fourth-order valence-corrected chi connectivity index (χ4v) is 5.82. The Morgan fingerprint density at radius 1 is 0.511 bits per heavy atom. The van der Waals surface area contributed by atoms with E-state index >= 15 is 0 Å². The minimum absolute atomic E-state index is 0.127. The SMILES string of the molecule is CNC(C)NC(=O)c1cc2cc(-c3ccc4[nH]c5ccc(-c6ccc7[nH]c(C(=O)NC(C)NC)cc7c6)cc5c4c3)ccc2[nH]1. The second-order valence-corrected chi connectivity index (χ2v) is 11.6. The van der Waals surface area contributed by atoms with E-state index in [4.69, 9.17) is 0 Å². The minimum Gasteiger partial charge on any atom is -0.355 e. The van der Waals surface area contributed by atoms with E-state index in [0.717, 1.165) is 65.9 Å². The topological polar surface area (TPSA) is 130 Å². The third-order valence-electron chi connectivity index (χ3n) is 8.56. The number of rotatable bonds is 8. The average molecular weight is 598 g/mol. The second-order valence-electron chi connectivity index (χ2n) is 11.6. The lowest BCUT2D eigenvalue weighted by atomic mass is 9.99. The van der Waals surface area contributed by atoms with Crippen molar-refractivity contribution < 1.29 is 9.59 Å². The van der Waals surface area contributed by atoms with Gasteiger partial charge in [0, 0.05) is 43.6 Å². The highest BCUT2D eigenvalue weighted by Gasteiger charge is 2.15. The van der Waals surface area contributed by atoms with Crippen LogP contribution in [0.15, 0.2) is 84.9 Å². The van der Waals surface area contributed by atoms with Crippen molar-refractivity contribution in [3.05, 3.63) is 96.3 Å². The first kappa shape index (κ1) is 28.4. The number of amides is 2. The van der Waals surface area contributed by atoms with Crippen molar-refractivity contribution in [3.8, 4) is 22.3 Å². The summed E-state index contributed by atoms with van der Waals surface area (Å²) in [5.74, 6) is -0.294. The van der Waals surface area contributed by atoms with Crippen LogP contribution in [0.1, 0.15) is 34.8 Å². The summed E-state index contributed by atoms with van der Waals surface area (Å²) in [6, 6.07) is 29.2. The van der Waals surface area contributed by atoms with Crippen LogP contribution in [0.4, 0.5) is 0 Å². The number of aromatic nitrogens is 3. The van der Waals surface area contributed by atoms with Crippen LogP contribution in [-0.4, -0.2) is 53.2 Å². The fourth-order valence-electron chi connectivity index (χ4n) is 5.82. The molecule has 9 heteroatoms. The predicted molar refractivity (Wildman–Crippen MR) is 182 cm³/mol.